The lowest BCUT2D eigenvalue weighted by molar-refractivity contribution is 0.0592. The van der Waals surface area contributed by atoms with Crippen LogP contribution in [0.1, 0.15) is 52.4 Å². The lowest BCUT2D eigenvalue weighted by Crippen LogP contribution is -2.60. The molecule has 1 saturated heterocycles. The summed E-state index contributed by atoms with van der Waals surface area (Å²) in [5.41, 5.74) is 0. The van der Waals surface area contributed by atoms with E-state index in [0.717, 1.165) is 25.6 Å². The van der Waals surface area contributed by atoms with Gasteiger partial charge in [0.15, 0.2) is 0 Å². The van der Waals surface area contributed by atoms with Crippen LogP contribution in [0.5, 0.6) is 0 Å². The summed E-state index contributed by atoms with van der Waals surface area (Å²) in [4.78, 5) is 2.59. The third-order valence-electron chi connectivity index (χ3n) is 5.07. The molecule has 0 aromatic carbocycles. The molecule has 2 nitrogen and oxygen atoms in total. The van der Waals surface area contributed by atoms with Gasteiger partial charge < -0.3 is 5.32 Å². The van der Waals surface area contributed by atoms with Crippen LogP contribution in [0.3, 0.4) is 0 Å². The average molecular weight is 270 g/mol. The monoisotopic (exact) mass is 270 g/mol. The molecule has 0 bridgehead atoms. The maximum Gasteiger partial charge on any atom is 0.0906 e. The van der Waals surface area contributed by atoms with Crippen molar-refractivity contribution in [3.05, 3.63) is 0 Å². The Hall–Kier alpha value is -0.150. The normalized spacial score (nSPS) is 30.9. The summed E-state index contributed by atoms with van der Waals surface area (Å²) >= 11 is 0. The van der Waals surface area contributed by atoms with Crippen molar-refractivity contribution in [1.82, 2.24) is 10.2 Å². The smallest absolute Gasteiger partial charge is 0.0906 e. The quantitative estimate of drug-likeness (QED) is 0.825. The number of nitrogens with one attached hydrogen (secondary N) is 1. The fourth-order valence-electron chi connectivity index (χ4n) is 3.80. The molecule has 1 N–H and O–H groups in total. The Kier molecular flexibility index (Phi) is 6.08. The Morgan fingerprint density at radius 2 is 1.95 bits per heavy atom. The summed E-state index contributed by atoms with van der Waals surface area (Å²) in [7, 11) is 0. The van der Waals surface area contributed by atoms with E-state index in [9.17, 15) is 4.39 Å². The van der Waals surface area contributed by atoms with Crippen molar-refractivity contribution in [1.29, 1.82) is 0 Å². The van der Waals surface area contributed by atoms with Crippen molar-refractivity contribution in [2.75, 3.05) is 26.3 Å². The maximum atomic E-state index is 12.5. The molecular formula is C16H31FN2. The molecule has 0 spiro atoms. The van der Waals surface area contributed by atoms with Crippen LogP contribution in [0.25, 0.3) is 0 Å². The SMILES string of the molecule is CC(C)C1CN(CCCF)C(C2CCCCC2)CN1. The van der Waals surface area contributed by atoms with Gasteiger partial charge in [0.05, 0.1) is 6.67 Å². The number of hydrogen-bond donors (Lipinski definition) is 1. The van der Waals surface area contributed by atoms with Crippen molar-refractivity contribution < 1.29 is 4.39 Å². The van der Waals surface area contributed by atoms with Gasteiger partial charge in [-0.2, -0.15) is 0 Å². The largest absolute Gasteiger partial charge is 0.311 e. The lowest BCUT2D eigenvalue weighted by atomic mass is 9.81. The van der Waals surface area contributed by atoms with Crippen LogP contribution in [0.15, 0.2) is 0 Å². The van der Waals surface area contributed by atoms with Gasteiger partial charge >= 0.3 is 0 Å². The fraction of sp³-hybridized carbons (Fsp3) is 1.00. The first-order valence-electron chi connectivity index (χ1n) is 8.25. The number of piperazine rings is 1. The molecule has 2 atom stereocenters. The van der Waals surface area contributed by atoms with E-state index in [1.165, 1.54) is 32.1 Å². The molecule has 1 heterocycles. The molecule has 3 heteroatoms. The molecule has 0 aromatic heterocycles. The summed E-state index contributed by atoms with van der Waals surface area (Å²) in [5, 5.41) is 3.74. The maximum absolute atomic E-state index is 12.5. The molecule has 112 valence electrons. The van der Waals surface area contributed by atoms with Crippen molar-refractivity contribution >= 4 is 0 Å². The van der Waals surface area contributed by atoms with Gasteiger partial charge in [-0.05, 0) is 31.1 Å². The molecule has 0 radical (unpaired) electrons. The Morgan fingerprint density at radius 1 is 1.21 bits per heavy atom. The Morgan fingerprint density at radius 3 is 2.58 bits per heavy atom. The van der Waals surface area contributed by atoms with Crippen LogP contribution < -0.4 is 5.32 Å². The van der Waals surface area contributed by atoms with Crippen molar-refractivity contribution in [2.45, 2.75) is 64.5 Å². The minimum Gasteiger partial charge on any atom is -0.311 e. The molecule has 19 heavy (non-hydrogen) atoms. The molecule has 1 saturated carbocycles. The van der Waals surface area contributed by atoms with Gasteiger partial charge in [-0.15, -0.1) is 0 Å². The number of halogens is 1. The highest BCUT2D eigenvalue weighted by atomic mass is 19.1. The first-order valence-corrected chi connectivity index (χ1v) is 8.25. The Bertz CT molecular complexity index is 251. The highest BCUT2D eigenvalue weighted by molar-refractivity contribution is 4.91. The van der Waals surface area contributed by atoms with Gasteiger partial charge in [0, 0.05) is 31.7 Å². The molecule has 2 rings (SSSR count). The third kappa shape index (κ3) is 4.16. The van der Waals surface area contributed by atoms with Crippen molar-refractivity contribution in [3.8, 4) is 0 Å². The van der Waals surface area contributed by atoms with Gasteiger partial charge in [0.2, 0.25) is 0 Å². The second-order valence-corrected chi connectivity index (χ2v) is 6.76. The van der Waals surface area contributed by atoms with E-state index in [4.69, 9.17) is 0 Å². The molecular weight excluding hydrogens is 239 g/mol. The summed E-state index contributed by atoms with van der Waals surface area (Å²) in [6.45, 7) is 7.56. The predicted octanol–water partition coefficient (Wildman–Crippen LogP) is 3.22. The van der Waals surface area contributed by atoms with Crippen LogP contribution in [0.2, 0.25) is 0 Å². The van der Waals surface area contributed by atoms with E-state index in [-0.39, 0.29) is 6.67 Å². The number of nitrogens with zero attached hydrogens (tertiary/aromatic N) is 1. The van der Waals surface area contributed by atoms with Gasteiger partial charge in [-0.3, -0.25) is 9.29 Å². The topological polar surface area (TPSA) is 15.3 Å². The van der Waals surface area contributed by atoms with Gasteiger partial charge in [-0.1, -0.05) is 33.1 Å². The minimum absolute atomic E-state index is 0.173. The van der Waals surface area contributed by atoms with E-state index in [1.54, 1.807) is 0 Å². The van der Waals surface area contributed by atoms with E-state index >= 15 is 0 Å². The minimum atomic E-state index is -0.173. The molecule has 2 aliphatic rings. The molecule has 2 unspecified atom stereocenters. The predicted molar refractivity (Wildman–Crippen MR) is 79.2 cm³/mol. The van der Waals surface area contributed by atoms with Crippen molar-refractivity contribution in [3.63, 3.8) is 0 Å². The molecule has 1 aliphatic carbocycles. The zero-order valence-electron chi connectivity index (χ0n) is 12.7. The number of alkyl halides is 1. The molecule has 0 aromatic rings. The molecule has 1 aliphatic heterocycles. The summed E-state index contributed by atoms with van der Waals surface area (Å²) in [6.07, 6.45) is 7.66. The van der Waals surface area contributed by atoms with Crippen LogP contribution in [0, 0.1) is 11.8 Å². The molecule has 2 fully saturated rings. The Balaban J connectivity index is 1.94. The first-order chi connectivity index (χ1) is 9.22. The van der Waals surface area contributed by atoms with Crippen LogP contribution in [-0.4, -0.2) is 43.3 Å². The summed E-state index contributed by atoms with van der Waals surface area (Å²) in [6, 6.07) is 1.24. The van der Waals surface area contributed by atoms with Crippen LogP contribution in [-0.2, 0) is 0 Å². The van der Waals surface area contributed by atoms with E-state index in [0.29, 0.717) is 24.4 Å². The second-order valence-electron chi connectivity index (χ2n) is 6.76. The zero-order valence-corrected chi connectivity index (χ0v) is 12.7. The summed E-state index contributed by atoms with van der Waals surface area (Å²) < 4.78 is 12.5. The van der Waals surface area contributed by atoms with Gasteiger partial charge in [0.1, 0.15) is 0 Å². The lowest BCUT2D eigenvalue weighted by Gasteiger charge is -2.46. The van der Waals surface area contributed by atoms with Crippen LogP contribution >= 0.6 is 0 Å². The third-order valence-corrected chi connectivity index (χ3v) is 5.07. The van der Waals surface area contributed by atoms with Crippen LogP contribution in [0.4, 0.5) is 4.39 Å². The van der Waals surface area contributed by atoms with Crippen molar-refractivity contribution in [2.24, 2.45) is 11.8 Å². The summed E-state index contributed by atoms with van der Waals surface area (Å²) in [5.74, 6) is 1.51. The second kappa shape index (κ2) is 7.58. The van der Waals surface area contributed by atoms with E-state index < -0.39 is 0 Å². The average Bonchev–Trinajstić information content (AvgIpc) is 2.45. The van der Waals surface area contributed by atoms with Gasteiger partial charge in [0.25, 0.3) is 0 Å². The Labute approximate surface area is 118 Å². The van der Waals surface area contributed by atoms with Gasteiger partial charge in [-0.25, -0.2) is 0 Å². The number of rotatable bonds is 5. The standard InChI is InChI=1S/C16H31FN2/c1-13(2)15-12-19(10-6-9-17)16(11-18-15)14-7-4-3-5-8-14/h13-16,18H,3-12H2,1-2H3. The fourth-order valence-corrected chi connectivity index (χ4v) is 3.80. The highest BCUT2D eigenvalue weighted by Crippen LogP contribution is 2.30. The zero-order chi connectivity index (χ0) is 13.7. The molecule has 0 amide bonds. The van der Waals surface area contributed by atoms with E-state index in [2.05, 4.69) is 24.1 Å². The highest BCUT2D eigenvalue weighted by Gasteiger charge is 2.34. The first kappa shape index (κ1) is 15.2. The number of hydrogen-bond acceptors (Lipinski definition) is 2. The van der Waals surface area contributed by atoms with E-state index in [1.807, 2.05) is 0 Å².